The molecule has 1 aromatic heterocycles. The van der Waals surface area contributed by atoms with Crippen LogP contribution in [0.25, 0.3) is 0 Å². The van der Waals surface area contributed by atoms with Crippen LogP contribution in [0.15, 0.2) is 24.3 Å². The van der Waals surface area contributed by atoms with Crippen LogP contribution in [0, 0.1) is 0 Å². The molecule has 174 valence electrons. The number of hydrogen-bond donors (Lipinski definition) is 4. The number of rotatable bonds is 7. The largest absolute Gasteiger partial charge is 0.416 e. The van der Waals surface area contributed by atoms with E-state index in [1.54, 1.807) is 0 Å². The Morgan fingerprint density at radius 1 is 1.28 bits per heavy atom. The van der Waals surface area contributed by atoms with Crippen molar-refractivity contribution in [2.24, 2.45) is 0 Å². The normalized spacial score (nSPS) is 16.7. The molecule has 1 aliphatic heterocycles. The molecule has 1 amide bonds. The average Bonchev–Trinajstić information content (AvgIpc) is 2.73. The van der Waals surface area contributed by atoms with E-state index in [1.165, 1.54) is 6.07 Å². The molecule has 3 rings (SSSR count). The Hall–Kier alpha value is -3.08. The van der Waals surface area contributed by atoms with Crippen LogP contribution in [-0.2, 0) is 17.4 Å². The minimum atomic E-state index is -4.52. The van der Waals surface area contributed by atoms with E-state index < -0.39 is 24.3 Å². The van der Waals surface area contributed by atoms with E-state index in [0.717, 1.165) is 37.1 Å². The Kier molecular flexibility index (Phi) is 7.39. The number of alkyl halides is 3. The van der Waals surface area contributed by atoms with Crippen LogP contribution in [-0.4, -0.2) is 46.7 Å². The first kappa shape index (κ1) is 23.6. The fourth-order valence-corrected chi connectivity index (χ4v) is 3.68. The summed E-state index contributed by atoms with van der Waals surface area (Å²) in [4.78, 5) is 22.5. The summed E-state index contributed by atoms with van der Waals surface area (Å²) in [6, 6.07) is 4.96. The Balaban J connectivity index is 1.87. The fraction of sp³-hybridized carbons (Fsp3) is 0.476. The van der Waals surface area contributed by atoms with Crippen molar-refractivity contribution in [3.05, 3.63) is 35.5 Å². The van der Waals surface area contributed by atoms with Crippen LogP contribution in [0.5, 0.6) is 0 Å². The number of anilines is 4. The van der Waals surface area contributed by atoms with Gasteiger partial charge in [-0.25, -0.2) is 4.98 Å². The first-order chi connectivity index (χ1) is 15.2. The molecular formula is C21H27F3N6O2. The van der Waals surface area contributed by atoms with E-state index in [1.807, 2.05) is 17.9 Å². The molecule has 0 saturated carbocycles. The van der Waals surface area contributed by atoms with Gasteiger partial charge in [0, 0.05) is 42.3 Å². The molecule has 1 fully saturated rings. The number of amides is 1. The topological polar surface area (TPSA) is 116 Å². The summed E-state index contributed by atoms with van der Waals surface area (Å²) >= 11 is 0. The third-order valence-corrected chi connectivity index (χ3v) is 5.06. The number of benzene rings is 1. The highest BCUT2D eigenvalue weighted by Crippen LogP contribution is 2.33. The number of aryl methyl sites for hydroxylation is 1. The smallest absolute Gasteiger partial charge is 0.399 e. The highest BCUT2D eigenvalue weighted by Gasteiger charge is 2.31. The number of halogens is 3. The van der Waals surface area contributed by atoms with E-state index in [0.29, 0.717) is 25.3 Å². The number of nitrogens with two attached hydrogens (primary N) is 1. The predicted octanol–water partition coefficient (Wildman–Crippen LogP) is 2.85. The number of nitrogen functional groups attached to an aromatic ring is 1. The van der Waals surface area contributed by atoms with Crippen LogP contribution >= 0.6 is 0 Å². The van der Waals surface area contributed by atoms with E-state index in [2.05, 4.69) is 20.6 Å². The molecule has 8 nitrogen and oxygen atoms in total. The zero-order valence-electron chi connectivity index (χ0n) is 17.7. The van der Waals surface area contributed by atoms with Gasteiger partial charge in [0.1, 0.15) is 12.4 Å². The minimum Gasteiger partial charge on any atom is -0.399 e. The molecule has 1 aromatic carbocycles. The number of nitrogens with one attached hydrogen (secondary N) is 2. The van der Waals surface area contributed by atoms with E-state index in [9.17, 15) is 18.0 Å². The highest BCUT2D eigenvalue weighted by atomic mass is 19.4. The molecular weight excluding hydrogens is 425 g/mol. The molecule has 1 aliphatic rings. The lowest BCUT2D eigenvalue weighted by molar-refractivity contribution is -0.137. The zero-order valence-corrected chi connectivity index (χ0v) is 17.7. The second-order valence-electron chi connectivity index (χ2n) is 7.77. The molecule has 5 N–H and O–H groups in total. The van der Waals surface area contributed by atoms with Gasteiger partial charge in [-0.05, 0) is 37.5 Å². The van der Waals surface area contributed by atoms with Crippen molar-refractivity contribution in [3.63, 3.8) is 0 Å². The number of aliphatic hydroxyl groups is 1. The maximum absolute atomic E-state index is 13.1. The van der Waals surface area contributed by atoms with Gasteiger partial charge >= 0.3 is 6.18 Å². The number of carbonyl (C=O) groups is 1. The summed E-state index contributed by atoms with van der Waals surface area (Å²) in [5.41, 5.74) is 5.67. The molecule has 0 spiro atoms. The Morgan fingerprint density at radius 3 is 2.75 bits per heavy atom. The van der Waals surface area contributed by atoms with Gasteiger partial charge < -0.3 is 26.4 Å². The van der Waals surface area contributed by atoms with Gasteiger partial charge in [0.05, 0.1) is 5.56 Å². The molecule has 0 aliphatic carbocycles. The van der Waals surface area contributed by atoms with Crippen molar-refractivity contribution in [1.29, 1.82) is 0 Å². The maximum atomic E-state index is 13.1. The van der Waals surface area contributed by atoms with Gasteiger partial charge in [-0.1, -0.05) is 13.3 Å². The Labute approximate surface area is 184 Å². The molecule has 1 atom stereocenters. The van der Waals surface area contributed by atoms with Crippen LogP contribution in [0.4, 0.5) is 36.3 Å². The van der Waals surface area contributed by atoms with Crippen molar-refractivity contribution in [2.75, 3.05) is 35.6 Å². The molecule has 11 heteroatoms. The predicted molar refractivity (Wildman–Crippen MR) is 116 cm³/mol. The number of piperidine rings is 1. The third kappa shape index (κ3) is 6.22. The van der Waals surface area contributed by atoms with Crippen LogP contribution in [0.1, 0.15) is 37.4 Å². The average molecular weight is 452 g/mol. The van der Waals surface area contributed by atoms with Gasteiger partial charge in [-0.2, -0.15) is 18.2 Å². The Morgan fingerprint density at radius 2 is 2.06 bits per heavy atom. The molecule has 32 heavy (non-hydrogen) atoms. The van der Waals surface area contributed by atoms with Gasteiger partial charge in [-0.3, -0.25) is 4.79 Å². The molecule has 0 unspecified atom stereocenters. The van der Waals surface area contributed by atoms with Crippen LogP contribution < -0.4 is 21.3 Å². The van der Waals surface area contributed by atoms with E-state index in [4.69, 9.17) is 10.8 Å². The van der Waals surface area contributed by atoms with Gasteiger partial charge in [-0.15, -0.1) is 0 Å². The summed E-state index contributed by atoms with van der Waals surface area (Å²) in [5, 5.41) is 14.6. The maximum Gasteiger partial charge on any atom is 0.416 e. The highest BCUT2D eigenvalue weighted by molar-refractivity contribution is 5.77. The standard InChI is InChI=1S/C21H27F3N6O2/c1-2-4-15-10-18(30-6-3-5-16(11-30)26-19(32)12-31)29-20(27-15)28-17-8-13(21(22,23)24)7-14(25)9-17/h7-10,16,31H,2-6,11-12,25H2,1H3,(H,26,32)(H,27,28,29)/t16-/m1/s1. The number of aliphatic hydroxyl groups excluding tert-OH is 1. The number of nitrogens with zero attached hydrogens (tertiary/aromatic N) is 3. The second-order valence-corrected chi connectivity index (χ2v) is 7.77. The monoisotopic (exact) mass is 452 g/mol. The van der Waals surface area contributed by atoms with Crippen molar-refractivity contribution in [3.8, 4) is 0 Å². The molecule has 0 radical (unpaired) electrons. The summed E-state index contributed by atoms with van der Waals surface area (Å²) in [6.07, 6.45) is -1.42. The lowest BCUT2D eigenvalue weighted by atomic mass is 10.1. The van der Waals surface area contributed by atoms with Crippen molar-refractivity contribution in [2.45, 2.75) is 44.8 Å². The first-order valence-electron chi connectivity index (χ1n) is 10.5. The molecule has 0 bridgehead atoms. The number of carbonyl (C=O) groups excluding carboxylic acids is 1. The van der Waals surface area contributed by atoms with E-state index >= 15 is 0 Å². The quantitative estimate of drug-likeness (QED) is 0.478. The third-order valence-electron chi connectivity index (χ3n) is 5.06. The van der Waals surface area contributed by atoms with Crippen molar-refractivity contribution in [1.82, 2.24) is 15.3 Å². The second kappa shape index (κ2) is 10.0. The van der Waals surface area contributed by atoms with Crippen LogP contribution in [0.3, 0.4) is 0 Å². The van der Waals surface area contributed by atoms with Gasteiger partial charge in [0.15, 0.2) is 0 Å². The zero-order chi connectivity index (χ0) is 23.3. The molecule has 2 aromatic rings. The summed E-state index contributed by atoms with van der Waals surface area (Å²) in [7, 11) is 0. The lowest BCUT2D eigenvalue weighted by Gasteiger charge is -2.34. The van der Waals surface area contributed by atoms with E-state index in [-0.39, 0.29) is 23.4 Å². The number of aromatic nitrogens is 2. The van der Waals surface area contributed by atoms with Crippen LogP contribution in [0.2, 0.25) is 0 Å². The molecule has 2 heterocycles. The van der Waals surface area contributed by atoms with Gasteiger partial charge in [0.2, 0.25) is 11.9 Å². The van der Waals surface area contributed by atoms with Crippen molar-refractivity contribution >= 4 is 29.0 Å². The molecule has 1 saturated heterocycles. The first-order valence-corrected chi connectivity index (χ1v) is 10.5. The summed E-state index contributed by atoms with van der Waals surface area (Å²) in [6.45, 7) is 2.65. The number of hydrogen-bond acceptors (Lipinski definition) is 7. The fourth-order valence-electron chi connectivity index (χ4n) is 3.68. The van der Waals surface area contributed by atoms with Gasteiger partial charge in [0.25, 0.3) is 0 Å². The minimum absolute atomic E-state index is 0.0224. The Bertz CT molecular complexity index is 954. The SMILES string of the molecule is CCCc1cc(N2CCC[C@@H](NC(=O)CO)C2)nc(Nc2cc(N)cc(C(F)(F)F)c2)n1. The lowest BCUT2D eigenvalue weighted by Crippen LogP contribution is -2.48. The van der Waals surface area contributed by atoms with Crippen molar-refractivity contribution < 1.29 is 23.1 Å². The summed E-state index contributed by atoms with van der Waals surface area (Å²) < 4.78 is 39.4. The summed E-state index contributed by atoms with van der Waals surface area (Å²) in [5.74, 6) is 0.357.